The van der Waals surface area contributed by atoms with Gasteiger partial charge in [-0.25, -0.2) is 14.8 Å². The van der Waals surface area contributed by atoms with Crippen LogP contribution in [0.5, 0.6) is 0 Å². The zero-order chi connectivity index (χ0) is 26.3. The van der Waals surface area contributed by atoms with Gasteiger partial charge in [-0.15, -0.1) is 11.8 Å². The number of fused-ring (bicyclic) bond motifs is 2. The number of hydrogen-bond donors (Lipinski definition) is 6. The quantitative estimate of drug-likeness (QED) is 0.0536. The number of carboxylic acids is 1. The molecule has 0 unspecified atom stereocenters. The van der Waals surface area contributed by atoms with Gasteiger partial charge in [-0.1, -0.05) is 16.9 Å². The molecule has 5 heterocycles. The Morgan fingerprint density at radius 2 is 2.14 bits per heavy atom. The maximum absolute atomic E-state index is 12.9. The number of aromatic nitrogens is 6. The lowest BCUT2D eigenvalue weighted by atomic mass is 10.0. The van der Waals surface area contributed by atoms with Gasteiger partial charge in [0.1, 0.15) is 22.9 Å². The molecule has 0 aliphatic carbocycles. The predicted octanol–water partition coefficient (Wildman–Crippen LogP) is -0.408. The number of nitrogens with one attached hydrogen (secondary N) is 2. The first-order valence-corrected chi connectivity index (χ1v) is 12.8. The van der Waals surface area contributed by atoms with Gasteiger partial charge in [-0.2, -0.15) is 14.5 Å². The highest BCUT2D eigenvalue weighted by molar-refractivity contribution is 8.02. The molecule has 190 valence electrons. The Labute approximate surface area is 218 Å². The van der Waals surface area contributed by atoms with E-state index in [0.717, 1.165) is 28.2 Å². The third-order valence-corrected chi connectivity index (χ3v) is 7.73. The molecule has 0 spiro atoms. The minimum Gasteiger partial charge on any atom is -0.477 e. The van der Waals surface area contributed by atoms with Crippen molar-refractivity contribution in [3.8, 4) is 0 Å². The minimum absolute atomic E-state index is 0.0598. The SMILES string of the molecule is Nc1nc(/C(=N/O)C(=O)N[C@@H]2C(=O)N3C(C(=O)O)=C(/C=C/Sc4nc(N)c5cn[nH]c5n4)CS[C@H]23)ns1. The van der Waals surface area contributed by atoms with Crippen molar-refractivity contribution in [3.05, 3.63) is 34.8 Å². The first-order chi connectivity index (χ1) is 17.8. The molecule has 0 saturated carbocycles. The smallest absolute Gasteiger partial charge is 0.352 e. The fraction of sp³-hybridized carbons (Fsp3) is 0.167. The summed E-state index contributed by atoms with van der Waals surface area (Å²) < 4.78 is 3.81. The van der Waals surface area contributed by atoms with Crippen LogP contribution in [0.15, 0.2) is 39.3 Å². The average Bonchev–Trinajstić information content (AvgIpc) is 3.52. The number of nitrogens with zero attached hydrogens (tertiary/aromatic N) is 7. The minimum atomic E-state index is -1.30. The van der Waals surface area contributed by atoms with E-state index in [-0.39, 0.29) is 28.2 Å². The number of nitrogens with two attached hydrogens (primary N) is 2. The summed E-state index contributed by atoms with van der Waals surface area (Å²) >= 11 is 3.17. The summed E-state index contributed by atoms with van der Waals surface area (Å²) in [6, 6.07) is -1.04. The number of allylic oxidation sites excluding steroid dienone is 1. The molecule has 1 fully saturated rings. The Morgan fingerprint density at radius 3 is 2.84 bits per heavy atom. The average molecular weight is 562 g/mol. The number of thioether (sulfide) groups is 2. The summed E-state index contributed by atoms with van der Waals surface area (Å²) in [5.74, 6) is -2.55. The van der Waals surface area contributed by atoms with E-state index in [1.165, 1.54) is 18.0 Å². The van der Waals surface area contributed by atoms with E-state index in [4.69, 9.17) is 11.5 Å². The van der Waals surface area contributed by atoms with Gasteiger partial charge in [0.25, 0.3) is 11.8 Å². The first kappa shape index (κ1) is 24.5. The normalized spacial score (nSPS) is 19.8. The lowest BCUT2D eigenvalue weighted by Crippen LogP contribution is -2.71. The standard InChI is InChI=1S/C18H15N11O5S3/c19-10-6-3-21-26-11(6)25-18(23-10)35-2-1-5-4-36-15-8(14(31)29(15)9(5)16(32)33)22-13(30)7(27-34)12-24-17(20)37-28-12/h1-3,8,15,34H,4H2,(H,22,30)(H,32,33)(H2,20,24,28)(H3,19,21,23,25,26)/b2-1+,27-7-/t8-,15-/m1/s1. The summed E-state index contributed by atoms with van der Waals surface area (Å²) in [6.07, 6.45) is 3.07. The van der Waals surface area contributed by atoms with Crippen LogP contribution in [0.25, 0.3) is 11.0 Å². The number of hydrogen-bond acceptors (Lipinski definition) is 15. The van der Waals surface area contributed by atoms with E-state index < -0.39 is 34.9 Å². The van der Waals surface area contributed by atoms with Gasteiger partial charge in [-0.3, -0.25) is 19.6 Å². The summed E-state index contributed by atoms with van der Waals surface area (Å²) in [4.78, 5) is 50.8. The maximum atomic E-state index is 12.9. The largest absolute Gasteiger partial charge is 0.477 e. The van der Waals surface area contributed by atoms with Crippen LogP contribution in [0, 0.1) is 0 Å². The zero-order valence-corrected chi connectivity index (χ0v) is 20.7. The molecule has 3 aromatic heterocycles. The Morgan fingerprint density at radius 1 is 1.32 bits per heavy atom. The zero-order valence-electron chi connectivity index (χ0n) is 18.2. The molecule has 0 bridgehead atoms. The fourth-order valence-electron chi connectivity index (χ4n) is 3.57. The highest BCUT2D eigenvalue weighted by atomic mass is 32.2. The van der Waals surface area contributed by atoms with Crippen LogP contribution >= 0.6 is 35.1 Å². The van der Waals surface area contributed by atoms with Crippen LogP contribution < -0.4 is 16.8 Å². The van der Waals surface area contributed by atoms with E-state index in [1.54, 1.807) is 11.5 Å². The number of carboxylic acid groups (broad SMARTS) is 1. The second-order valence-electron chi connectivity index (χ2n) is 7.39. The van der Waals surface area contributed by atoms with Crippen LogP contribution in [0.4, 0.5) is 10.9 Å². The van der Waals surface area contributed by atoms with Crippen LogP contribution in [0.1, 0.15) is 5.82 Å². The second kappa shape index (κ2) is 9.67. The molecular weight excluding hydrogens is 546 g/mol. The Kier molecular flexibility index (Phi) is 6.39. The molecule has 2 aliphatic rings. The van der Waals surface area contributed by atoms with Crippen molar-refractivity contribution >= 4 is 80.5 Å². The van der Waals surface area contributed by atoms with Gasteiger partial charge in [0, 0.05) is 17.3 Å². The Balaban J connectivity index is 1.31. The van der Waals surface area contributed by atoms with Gasteiger partial charge < -0.3 is 27.1 Å². The van der Waals surface area contributed by atoms with Crippen LogP contribution in [0.3, 0.4) is 0 Å². The molecule has 16 nitrogen and oxygen atoms in total. The van der Waals surface area contributed by atoms with Crippen molar-refractivity contribution in [2.24, 2.45) is 5.16 Å². The van der Waals surface area contributed by atoms with Gasteiger partial charge in [-0.05, 0) is 17.1 Å². The van der Waals surface area contributed by atoms with Crippen molar-refractivity contribution < 1.29 is 24.7 Å². The monoisotopic (exact) mass is 561 g/mol. The van der Waals surface area contributed by atoms with Gasteiger partial charge in [0.15, 0.2) is 15.9 Å². The van der Waals surface area contributed by atoms with E-state index >= 15 is 0 Å². The molecule has 2 aliphatic heterocycles. The van der Waals surface area contributed by atoms with Crippen molar-refractivity contribution in [1.29, 1.82) is 0 Å². The Hall–Kier alpha value is -4.23. The molecule has 19 heteroatoms. The molecule has 8 N–H and O–H groups in total. The number of aliphatic carboxylic acids is 1. The van der Waals surface area contributed by atoms with Crippen molar-refractivity contribution in [2.45, 2.75) is 16.6 Å². The van der Waals surface area contributed by atoms with Gasteiger partial charge in [0.2, 0.25) is 11.5 Å². The molecule has 2 amide bonds. The third kappa shape index (κ3) is 4.42. The number of carbonyl (C=O) groups excluding carboxylic acids is 2. The molecule has 0 aromatic carbocycles. The van der Waals surface area contributed by atoms with Gasteiger partial charge in [0.05, 0.1) is 11.6 Å². The summed E-state index contributed by atoms with van der Waals surface area (Å²) in [7, 11) is 0. The number of carbonyl (C=O) groups is 3. The number of H-pyrrole nitrogens is 1. The van der Waals surface area contributed by atoms with Crippen LogP contribution in [0.2, 0.25) is 0 Å². The van der Waals surface area contributed by atoms with E-state index in [9.17, 15) is 24.7 Å². The summed E-state index contributed by atoms with van der Waals surface area (Å²) in [5, 5.41) is 32.9. The van der Waals surface area contributed by atoms with Crippen LogP contribution in [-0.4, -0.2) is 85.4 Å². The number of anilines is 2. The van der Waals surface area contributed by atoms with E-state index in [2.05, 4.69) is 40.0 Å². The fourth-order valence-corrected chi connectivity index (χ4v) is 5.97. The topological polar surface area (TPSA) is 252 Å². The second-order valence-corrected chi connectivity index (χ2v) is 10.2. The molecule has 0 radical (unpaired) electrons. The molecular formula is C18H15N11O5S3. The van der Waals surface area contributed by atoms with Crippen molar-refractivity contribution in [2.75, 3.05) is 17.2 Å². The lowest BCUT2D eigenvalue weighted by Gasteiger charge is -2.49. The first-order valence-electron chi connectivity index (χ1n) is 10.1. The third-order valence-electron chi connectivity index (χ3n) is 5.22. The molecule has 1 saturated heterocycles. The molecule has 2 atom stereocenters. The predicted molar refractivity (Wildman–Crippen MR) is 133 cm³/mol. The van der Waals surface area contributed by atoms with Gasteiger partial charge >= 0.3 is 5.97 Å². The number of β-lactam (4-membered cyclic amide) rings is 1. The number of rotatable bonds is 7. The summed E-state index contributed by atoms with van der Waals surface area (Å²) in [6.45, 7) is 0. The van der Waals surface area contributed by atoms with Crippen LogP contribution in [-0.2, 0) is 14.4 Å². The molecule has 3 aromatic rings. The van der Waals surface area contributed by atoms with E-state index in [0.29, 0.717) is 21.8 Å². The lowest BCUT2D eigenvalue weighted by molar-refractivity contribution is -0.150. The maximum Gasteiger partial charge on any atom is 0.352 e. The van der Waals surface area contributed by atoms with Crippen molar-refractivity contribution in [1.82, 2.24) is 39.7 Å². The highest BCUT2D eigenvalue weighted by Crippen LogP contribution is 2.41. The number of oxime groups is 1. The number of nitrogen functional groups attached to an aromatic ring is 2. The molecule has 5 rings (SSSR count). The van der Waals surface area contributed by atoms with Crippen molar-refractivity contribution in [3.63, 3.8) is 0 Å². The molecule has 37 heavy (non-hydrogen) atoms. The number of aromatic amines is 1. The highest BCUT2D eigenvalue weighted by Gasteiger charge is 2.54. The van der Waals surface area contributed by atoms with E-state index in [1.807, 2.05) is 0 Å². The summed E-state index contributed by atoms with van der Waals surface area (Å²) in [5.41, 5.74) is 11.5. The Bertz CT molecular complexity index is 1530. The number of amides is 2.